The van der Waals surface area contributed by atoms with Gasteiger partial charge in [0.2, 0.25) is 5.88 Å². The Labute approximate surface area is 149 Å². The highest BCUT2D eigenvalue weighted by Crippen LogP contribution is 2.30. The van der Waals surface area contributed by atoms with Gasteiger partial charge in [-0.25, -0.2) is 4.98 Å². The average molecular weight is 373 g/mol. The molecule has 1 aromatic rings. The first-order chi connectivity index (χ1) is 12.1. The van der Waals surface area contributed by atoms with Gasteiger partial charge in [-0.1, -0.05) is 19.9 Å². The lowest BCUT2D eigenvalue weighted by atomic mass is 9.95. The molecule has 1 aliphatic heterocycles. The van der Waals surface area contributed by atoms with Crippen LogP contribution in [-0.2, 0) is 10.9 Å². The summed E-state index contributed by atoms with van der Waals surface area (Å²) >= 11 is 0. The Morgan fingerprint density at radius 3 is 2.58 bits per heavy atom. The Hall–Kier alpha value is -1.86. The lowest BCUT2D eigenvalue weighted by Crippen LogP contribution is -2.58. The molecule has 0 radical (unpaired) electrons. The fourth-order valence-electron chi connectivity index (χ4n) is 2.46. The largest absolute Gasteiger partial charge is 0.468 e. The standard InChI is InChI=1S/C18H22F3NO4/c1-10(2)6-4-7-12-17(16(24)15(23)11(3)25-12)26-14-9-5-8-13(22-14)18(19,20)21/h5-12,15-17,23-24H,1-3H3/t4?,11-,12-,15+,16+,17+/m1/s1. The van der Waals surface area contributed by atoms with Crippen LogP contribution in [0.3, 0.4) is 0 Å². The third-order valence-corrected chi connectivity index (χ3v) is 3.82. The molecule has 2 rings (SSSR count). The second-order valence-corrected chi connectivity index (χ2v) is 6.47. The second-order valence-electron chi connectivity index (χ2n) is 6.47. The van der Waals surface area contributed by atoms with Crippen LogP contribution in [-0.4, -0.2) is 45.7 Å². The molecular formula is C18H22F3NO4. The van der Waals surface area contributed by atoms with E-state index in [4.69, 9.17) is 9.47 Å². The van der Waals surface area contributed by atoms with Gasteiger partial charge < -0.3 is 19.7 Å². The number of alkyl halides is 3. The monoisotopic (exact) mass is 373 g/mol. The van der Waals surface area contributed by atoms with E-state index in [9.17, 15) is 23.4 Å². The molecule has 1 saturated heterocycles. The van der Waals surface area contributed by atoms with Crippen molar-refractivity contribution in [2.75, 3.05) is 0 Å². The molecule has 5 nitrogen and oxygen atoms in total. The topological polar surface area (TPSA) is 71.8 Å². The van der Waals surface area contributed by atoms with Gasteiger partial charge in [0.15, 0.2) is 6.10 Å². The third kappa shape index (κ3) is 5.08. The summed E-state index contributed by atoms with van der Waals surface area (Å²) < 4.78 is 49.5. The molecule has 2 heterocycles. The summed E-state index contributed by atoms with van der Waals surface area (Å²) in [6, 6.07) is 3.22. The number of aliphatic hydroxyl groups excluding tert-OH is 2. The van der Waals surface area contributed by atoms with Crippen LogP contribution in [0.15, 0.2) is 36.1 Å². The number of aliphatic hydroxyl groups is 2. The second kappa shape index (κ2) is 8.22. The van der Waals surface area contributed by atoms with Crippen LogP contribution in [0.1, 0.15) is 26.5 Å². The molecule has 1 aromatic heterocycles. The van der Waals surface area contributed by atoms with Crippen molar-refractivity contribution in [3.05, 3.63) is 41.8 Å². The molecule has 0 aliphatic carbocycles. The summed E-state index contributed by atoms with van der Waals surface area (Å²) in [5.74, 6) is -0.0900. The van der Waals surface area contributed by atoms with E-state index in [0.717, 1.165) is 12.1 Å². The van der Waals surface area contributed by atoms with Crippen molar-refractivity contribution in [1.29, 1.82) is 0 Å². The minimum absolute atomic E-state index is 0.229. The van der Waals surface area contributed by atoms with Gasteiger partial charge in [-0.3, -0.25) is 0 Å². The van der Waals surface area contributed by atoms with E-state index < -0.39 is 42.4 Å². The van der Waals surface area contributed by atoms with Crippen LogP contribution in [0.4, 0.5) is 13.2 Å². The van der Waals surface area contributed by atoms with Crippen molar-refractivity contribution < 1.29 is 32.9 Å². The molecule has 144 valence electrons. The SMILES string of the molecule is CC(C)C=C=C[C@H]1O[C@H](C)[C@H](O)[C@H](O)[C@H]1Oc1cccc(C(F)(F)F)n1. The van der Waals surface area contributed by atoms with Crippen LogP contribution >= 0.6 is 0 Å². The lowest BCUT2D eigenvalue weighted by Gasteiger charge is -2.40. The molecule has 26 heavy (non-hydrogen) atoms. The number of nitrogens with zero attached hydrogens (tertiary/aromatic N) is 1. The van der Waals surface area contributed by atoms with E-state index in [2.05, 4.69) is 10.7 Å². The number of aromatic nitrogens is 1. The maximum atomic E-state index is 12.8. The molecule has 8 heteroatoms. The maximum absolute atomic E-state index is 12.8. The summed E-state index contributed by atoms with van der Waals surface area (Å²) in [6.45, 7) is 5.48. The van der Waals surface area contributed by atoms with Gasteiger partial charge >= 0.3 is 6.18 Å². The number of pyridine rings is 1. The average Bonchev–Trinajstić information content (AvgIpc) is 2.55. The van der Waals surface area contributed by atoms with Crippen LogP contribution in [0.5, 0.6) is 5.88 Å². The Morgan fingerprint density at radius 1 is 1.27 bits per heavy atom. The van der Waals surface area contributed by atoms with E-state index in [1.54, 1.807) is 13.0 Å². The molecule has 5 atom stereocenters. The smallest absolute Gasteiger partial charge is 0.433 e. The van der Waals surface area contributed by atoms with E-state index in [1.165, 1.54) is 12.1 Å². The van der Waals surface area contributed by atoms with Crippen LogP contribution in [0.2, 0.25) is 0 Å². The number of hydrogen-bond donors (Lipinski definition) is 2. The van der Waals surface area contributed by atoms with Gasteiger partial charge in [0.25, 0.3) is 0 Å². The van der Waals surface area contributed by atoms with E-state index in [1.807, 2.05) is 13.8 Å². The highest BCUT2D eigenvalue weighted by Gasteiger charge is 2.43. The zero-order valence-electron chi connectivity index (χ0n) is 14.6. The molecule has 0 amide bonds. The Bertz CT molecular complexity index is 671. The van der Waals surface area contributed by atoms with Crippen molar-refractivity contribution in [1.82, 2.24) is 4.98 Å². The maximum Gasteiger partial charge on any atom is 0.433 e. The van der Waals surface area contributed by atoms with Crippen molar-refractivity contribution in [3.63, 3.8) is 0 Å². The zero-order valence-corrected chi connectivity index (χ0v) is 14.6. The van der Waals surface area contributed by atoms with Crippen molar-refractivity contribution in [3.8, 4) is 5.88 Å². The van der Waals surface area contributed by atoms with Crippen molar-refractivity contribution in [2.24, 2.45) is 5.92 Å². The minimum atomic E-state index is -4.62. The molecule has 0 saturated carbocycles. The van der Waals surface area contributed by atoms with Gasteiger partial charge in [0.1, 0.15) is 24.0 Å². The van der Waals surface area contributed by atoms with Crippen LogP contribution in [0, 0.1) is 5.92 Å². The summed E-state index contributed by atoms with van der Waals surface area (Å²) in [4.78, 5) is 3.42. The summed E-state index contributed by atoms with van der Waals surface area (Å²) in [5.41, 5.74) is 1.80. The molecule has 1 aliphatic rings. The van der Waals surface area contributed by atoms with Crippen LogP contribution < -0.4 is 4.74 Å². The summed E-state index contributed by atoms with van der Waals surface area (Å²) in [7, 11) is 0. The van der Waals surface area contributed by atoms with Crippen molar-refractivity contribution >= 4 is 0 Å². The predicted octanol–water partition coefficient (Wildman–Crippen LogP) is 2.72. The Balaban J connectivity index is 2.28. The molecule has 2 N–H and O–H groups in total. The fraction of sp³-hybridized carbons (Fsp3) is 0.556. The highest BCUT2D eigenvalue weighted by molar-refractivity contribution is 5.19. The first-order valence-electron chi connectivity index (χ1n) is 8.25. The predicted molar refractivity (Wildman–Crippen MR) is 87.5 cm³/mol. The fourth-order valence-corrected chi connectivity index (χ4v) is 2.46. The molecule has 0 aromatic carbocycles. The number of rotatable bonds is 4. The number of ether oxygens (including phenoxy) is 2. The summed E-state index contributed by atoms with van der Waals surface area (Å²) in [6.07, 6.45) is -6.56. The van der Waals surface area contributed by atoms with Crippen molar-refractivity contribution in [2.45, 2.75) is 57.5 Å². The first-order valence-corrected chi connectivity index (χ1v) is 8.25. The third-order valence-electron chi connectivity index (χ3n) is 3.82. The number of hydrogen-bond acceptors (Lipinski definition) is 5. The van der Waals surface area contributed by atoms with Gasteiger partial charge in [-0.2, -0.15) is 13.2 Å². The van der Waals surface area contributed by atoms with E-state index >= 15 is 0 Å². The lowest BCUT2D eigenvalue weighted by molar-refractivity contribution is -0.197. The molecule has 0 spiro atoms. The van der Waals surface area contributed by atoms with E-state index in [0.29, 0.717) is 0 Å². The molecule has 0 bridgehead atoms. The molecule has 1 fully saturated rings. The van der Waals surface area contributed by atoms with E-state index in [-0.39, 0.29) is 11.8 Å². The quantitative estimate of drug-likeness (QED) is 0.794. The summed E-state index contributed by atoms with van der Waals surface area (Å²) in [5, 5.41) is 20.3. The van der Waals surface area contributed by atoms with Gasteiger partial charge in [-0.05, 0) is 31.1 Å². The molecular weight excluding hydrogens is 351 g/mol. The first kappa shape index (κ1) is 20.5. The van der Waals surface area contributed by atoms with Gasteiger partial charge in [0.05, 0.1) is 6.10 Å². The number of halogens is 3. The van der Waals surface area contributed by atoms with Crippen LogP contribution in [0.25, 0.3) is 0 Å². The molecule has 0 unspecified atom stereocenters. The minimum Gasteiger partial charge on any atom is -0.468 e. The van der Waals surface area contributed by atoms with Gasteiger partial charge in [-0.15, -0.1) is 5.73 Å². The zero-order chi connectivity index (χ0) is 19.5. The Morgan fingerprint density at radius 2 is 1.96 bits per heavy atom. The normalized spacial score (nSPS) is 29.2. The highest BCUT2D eigenvalue weighted by atomic mass is 19.4. The Kier molecular flexibility index (Phi) is 6.47. The van der Waals surface area contributed by atoms with Gasteiger partial charge in [0, 0.05) is 6.07 Å².